The molecule has 1 aromatic rings. The maximum Gasteiger partial charge on any atom is 0.341 e. The molecule has 0 bridgehead atoms. The molecule has 1 N–H and O–H groups in total. The number of thiophene rings is 1. The molecule has 25 heavy (non-hydrogen) atoms. The lowest BCUT2D eigenvalue weighted by Gasteiger charge is -2.13. The van der Waals surface area contributed by atoms with Crippen molar-refractivity contribution < 1.29 is 28.7 Å². The molecule has 0 unspecified atom stereocenters. The summed E-state index contributed by atoms with van der Waals surface area (Å²) >= 11 is 1.19. The van der Waals surface area contributed by atoms with Gasteiger partial charge in [0.05, 0.1) is 12.2 Å². The van der Waals surface area contributed by atoms with Crippen molar-refractivity contribution in [3.63, 3.8) is 0 Å². The van der Waals surface area contributed by atoms with Gasteiger partial charge in [0, 0.05) is 11.9 Å². The number of carbonyl (C=O) groups excluding carboxylic acids is 5. The third-order valence-electron chi connectivity index (χ3n) is 3.67. The van der Waals surface area contributed by atoms with Crippen LogP contribution in [-0.2, 0) is 19.1 Å². The molecule has 10 heteroatoms. The van der Waals surface area contributed by atoms with Gasteiger partial charge in [-0.05, 0) is 26.3 Å². The molecule has 1 fully saturated rings. The van der Waals surface area contributed by atoms with Crippen molar-refractivity contribution in [2.45, 2.75) is 20.8 Å². The van der Waals surface area contributed by atoms with Gasteiger partial charge in [-0.3, -0.25) is 19.3 Å². The number of nitrogens with zero attached hydrogens (tertiary/aromatic N) is 2. The predicted octanol–water partition coefficient (Wildman–Crippen LogP) is 0.901. The van der Waals surface area contributed by atoms with E-state index in [-0.39, 0.29) is 17.2 Å². The lowest BCUT2D eigenvalue weighted by Crippen LogP contribution is -2.38. The van der Waals surface area contributed by atoms with E-state index in [2.05, 4.69) is 5.32 Å². The smallest absolute Gasteiger partial charge is 0.341 e. The topological polar surface area (TPSA) is 113 Å². The average molecular weight is 367 g/mol. The number of aryl methyl sites for hydroxylation is 1. The first kappa shape index (κ1) is 18.6. The number of rotatable bonds is 5. The van der Waals surface area contributed by atoms with Crippen molar-refractivity contribution in [3.8, 4) is 0 Å². The minimum Gasteiger partial charge on any atom is -0.462 e. The molecule has 1 aromatic heterocycles. The highest BCUT2D eigenvalue weighted by Crippen LogP contribution is 2.33. The Morgan fingerprint density at radius 1 is 1.16 bits per heavy atom. The Labute approximate surface area is 147 Å². The molecule has 5 amide bonds. The Balaban J connectivity index is 2.18. The number of likely N-dealkylation sites (N-methyl/N-ethyl adjacent to an activating group) is 1. The summed E-state index contributed by atoms with van der Waals surface area (Å²) in [6, 6.07) is -0.866. The zero-order chi connectivity index (χ0) is 18.9. The van der Waals surface area contributed by atoms with Gasteiger partial charge in [0.2, 0.25) is 5.91 Å². The molecule has 0 spiro atoms. The van der Waals surface area contributed by atoms with Gasteiger partial charge in [0.15, 0.2) is 0 Å². The molecule has 0 radical (unpaired) electrons. The van der Waals surface area contributed by atoms with E-state index in [4.69, 9.17) is 4.74 Å². The minimum absolute atomic E-state index is 0.186. The van der Waals surface area contributed by atoms with Crippen molar-refractivity contribution in [2.75, 3.05) is 25.5 Å². The molecule has 0 aliphatic carbocycles. The number of anilines is 1. The van der Waals surface area contributed by atoms with Crippen molar-refractivity contribution in [2.24, 2.45) is 0 Å². The summed E-state index contributed by atoms with van der Waals surface area (Å²) in [6.07, 6.45) is 0. The maximum absolute atomic E-state index is 12.2. The molecular formula is C15H17N3O6S. The molecule has 1 saturated heterocycles. The van der Waals surface area contributed by atoms with Gasteiger partial charge in [-0.25, -0.2) is 14.5 Å². The predicted molar refractivity (Wildman–Crippen MR) is 88.3 cm³/mol. The molecule has 1 aliphatic rings. The van der Waals surface area contributed by atoms with E-state index in [1.807, 2.05) is 0 Å². The van der Waals surface area contributed by atoms with Gasteiger partial charge in [0.25, 0.3) is 0 Å². The fourth-order valence-corrected chi connectivity index (χ4v) is 3.29. The van der Waals surface area contributed by atoms with Crippen LogP contribution in [0.3, 0.4) is 0 Å². The summed E-state index contributed by atoms with van der Waals surface area (Å²) < 4.78 is 4.99. The normalized spacial score (nSPS) is 14.3. The van der Waals surface area contributed by atoms with Gasteiger partial charge < -0.3 is 10.1 Å². The lowest BCUT2D eigenvalue weighted by atomic mass is 10.1. The van der Waals surface area contributed by atoms with Crippen LogP contribution in [0.5, 0.6) is 0 Å². The first-order valence-electron chi connectivity index (χ1n) is 7.39. The van der Waals surface area contributed by atoms with Crippen molar-refractivity contribution in [1.82, 2.24) is 9.80 Å². The molecular weight excluding hydrogens is 350 g/mol. The van der Waals surface area contributed by atoms with Crippen LogP contribution in [0.4, 0.5) is 9.80 Å². The van der Waals surface area contributed by atoms with Crippen molar-refractivity contribution in [1.29, 1.82) is 0 Å². The molecule has 0 aromatic carbocycles. The third-order valence-corrected chi connectivity index (χ3v) is 4.79. The summed E-state index contributed by atoms with van der Waals surface area (Å²) in [6.45, 7) is 4.76. The van der Waals surface area contributed by atoms with Crippen LogP contribution in [0.15, 0.2) is 0 Å². The van der Waals surface area contributed by atoms with E-state index in [9.17, 15) is 24.0 Å². The SMILES string of the molecule is CCOC(=O)c1c(NC(=O)CN2C(=O)C(=O)N(C)C2=O)sc(C)c1C. The largest absolute Gasteiger partial charge is 0.462 e. The molecule has 9 nitrogen and oxygen atoms in total. The summed E-state index contributed by atoms with van der Waals surface area (Å²) in [4.78, 5) is 61.2. The van der Waals surface area contributed by atoms with Crippen LogP contribution >= 0.6 is 11.3 Å². The Bertz CT molecular complexity index is 784. The van der Waals surface area contributed by atoms with E-state index in [0.717, 1.165) is 11.9 Å². The highest BCUT2D eigenvalue weighted by Gasteiger charge is 2.43. The average Bonchev–Trinajstić information content (AvgIpc) is 2.92. The second kappa shape index (κ2) is 7.01. The molecule has 1 aliphatic heterocycles. The van der Waals surface area contributed by atoms with Crippen molar-refractivity contribution in [3.05, 3.63) is 16.0 Å². The van der Waals surface area contributed by atoms with Crippen LogP contribution in [-0.4, -0.2) is 59.7 Å². The minimum atomic E-state index is -1.06. The van der Waals surface area contributed by atoms with Gasteiger partial charge in [0.1, 0.15) is 11.5 Å². The van der Waals surface area contributed by atoms with E-state index in [1.165, 1.54) is 11.3 Å². The quantitative estimate of drug-likeness (QED) is 0.470. The molecule has 2 rings (SSSR count). The number of hydrogen-bond donors (Lipinski definition) is 1. The lowest BCUT2D eigenvalue weighted by molar-refractivity contribution is -0.143. The van der Waals surface area contributed by atoms with Gasteiger partial charge >= 0.3 is 23.8 Å². The van der Waals surface area contributed by atoms with Gasteiger partial charge in [-0.2, -0.15) is 0 Å². The zero-order valence-corrected chi connectivity index (χ0v) is 15.0. The van der Waals surface area contributed by atoms with Crippen LogP contribution in [0.25, 0.3) is 0 Å². The summed E-state index contributed by atoms with van der Waals surface area (Å²) in [5.74, 6) is -3.32. The standard InChI is InChI=1S/C15H17N3O6S/c1-5-24-14(22)10-7(2)8(3)25-11(10)16-9(19)6-18-13(21)12(20)17(4)15(18)23/h5-6H2,1-4H3,(H,16,19). The first-order valence-corrected chi connectivity index (χ1v) is 8.21. The molecule has 0 saturated carbocycles. The fraction of sp³-hybridized carbons (Fsp3) is 0.400. The highest BCUT2D eigenvalue weighted by molar-refractivity contribution is 7.16. The van der Waals surface area contributed by atoms with Crippen molar-refractivity contribution >= 4 is 46.1 Å². The Hall–Kier alpha value is -2.75. The van der Waals surface area contributed by atoms with E-state index < -0.39 is 36.3 Å². The Morgan fingerprint density at radius 3 is 2.32 bits per heavy atom. The maximum atomic E-state index is 12.2. The number of urea groups is 1. The number of nitrogens with one attached hydrogen (secondary N) is 1. The highest BCUT2D eigenvalue weighted by atomic mass is 32.1. The zero-order valence-electron chi connectivity index (χ0n) is 14.2. The van der Waals surface area contributed by atoms with Gasteiger partial charge in [-0.15, -0.1) is 11.3 Å². The second-order valence-electron chi connectivity index (χ2n) is 5.29. The Kier molecular flexibility index (Phi) is 5.21. The van der Waals surface area contributed by atoms with Crippen LogP contribution in [0.1, 0.15) is 27.7 Å². The summed E-state index contributed by atoms with van der Waals surface area (Å²) in [5.41, 5.74) is 0.923. The van der Waals surface area contributed by atoms with Crippen LogP contribution in [0, 0.1) is 13.8 Å². The third kappa shape index (κ3) is 3.38. The van der Waals surface area contributed by atoms with E-state index in [1.54, 1.807) is 20.8 Å². The van der Waals surface area contributed by atoms with E-state index >= 15 is 0 Å². The molecule has 2 heterocycles. The number of esters is 1. The summed E-state index contributed by atoms with van der Waals surface area (Å²) in [5, 5.41) is 2.79. The molecule has 134 valence electrons. The number of imide groups is 2. The first-order chi connectivity index (χ1) is 11.7. The summed E-state index contributed by atoms with van der Waals surface area (Å²) in [7, 11) is 1.16. The van der Waals surface area contributed by atoms with Crippen LogP contribution < -0.4 is 5.32 Å². The Morgan fingerprint density at radius 2 is 1.80 bits per heavy atom. The monoisotopic (exact) mass is 367 g/mol. The number of ether oxygens (including phenoxy) is 1. The van der Waals surface area contributed by atoms with Gasteiger partial charge in [-0.1, -0.05) is 0 Å². The molecule has 0 atom stereocenters. The van der Waals surface area contributed by atoms with E-state index in [0.29, 0.717) is 15.4 Å². The second-order valence-corrected chi connectivity index (χ2v) is 6.52. The number of hydrogen-bond acceptors (Lipinski definition) is 7. The fourth-order valence-electron chi connectivity index (χ4n) is 2.23. The number of amides is 5. The van der Waals surface area contributed by atoms with Crippen LogP contribution in [0.2, 0.25) is 0 Å². The number of carbonyl (C=O) groups is 5.